The number of rotatable bonds is 4. The van der Waals surface area contributed by atoms with Gasteiger partial charge in [-0.1, -0.05) is 182 Å². The number of hydrogen-bond acceptors (Lipinski definition) is 1. The van der Waals surface area contributed by atoms with E-state index in [1.807, 2.05) is 60.7 Å². The zero-order valence-corrected chi connectivity index (χ0v) is 27.6. The van der Waals surface area contributed by atoms with Crippen LogP contribution in [0.2, 0.25) is 0 Å². The van der Waals surface area contributed by atoms with Crippen LogP contribution in [-0.2, 0) is 9.98 Å². The van der Waals surface area contributed by atoms with Crippen LogP contribution in [0, 0.1) is 0 Å². The second kappa shape index (κ2) is 10.6. The van der Waals surface area contributed by atoms with Crippen molar-refractivity contribution in [1.82, 2.24) is 0 Å². The summed E-state index contributed by atoms with van der Waals surface area (Å²) in [6.07, 6.45) is 0. The summed E-state index contributed by atoms with van der Waals surface area (Å²) in [6, 6.07) is 66.6. The van der Waals surface area contributed by atoms with Gasteiger partial charge < -0.3 is 4.57 Å². The third-order valence-electron chi connectivity index (χ3n) is 10.8. The highest BCUT2D eigenvalue weighted by Crippen LogP contribution is 2.64. The quantitative estimate of drug-likeness (QED) is 0.175. The highest BCUT2D eigenvalue weighted by Gasteiger charge is 2.52. The van der Waals surface area contributed by atoms with E-state index in [-0.39, 0.29) is 0 Å². The molecule has 8 aromatic carbocycles. The lowest BCUT2D eigenvalue weighted by Gasteiger charge is -2.31. The topological polar surface area (TPSA) is 17.1 Å². The van der Waals surface area contributed by atoms with Crippen molar-refractivity contribution in [1.29, 1.82) is 0 Å². The van der Waals surface area contributed by atoms with Crippen molar-refractivity contribution in [2.45, 2.75) is 5.41 Å². The normalized spacial score (nSPS) is 13.6. The summed E-state index contributed by atoms with van der Waals surface area (Å²) in [5, 5.41) is 5.08. The maximum Gasteiger partial charge on any atom is 0.171 e. The molecule has 10 rings (SSSR count). The summed E-state index contributed by atoms with van der Waals surface area (Å²) in [7, 11) is -3.05. The molecule has 230 valence electrons. The largest absolute Gasteiger partial charge is 0.309 e. The Balaban J connectivity index is 1.17. The van der Waals surface area contributed by atoms with E-state index in [4.69, 9.17) is 0 Å². The minimum Gasteiger partial charge on any atom is -0.309 e. The highest BCUT2D eigenvalue weighted by atomic mass is 31.2. The molecule has 8 aromatic rings. The summed E-state index contributed by atoms with van der Waals surface area (Å²) in [5.41, 5.74) is 12.4. The van der Waals surface area contributed by atoms with Crippen LogP contribution in [0.15, 0.2) is 188 Å². The van der Waals surface area contributed by atoms with Gasteiger partial charge in [0.2, 0.25) is 0 Å². The van der Waals surface area contributed by atoms with E-state index >= 15 is 4.57 Å². The van der Waals surface area contributed by atoms with E-state index in [1.165, 1.54) is 55.3 Å². The van der Waals surface area contributed by atoms with Crippen LogP contribution >= 0.6 is 7.14 Å². The molecule has 0 aromatic heterocycles. The van der Waals surface area contributed by atoms with Gasteiger partial charge in [-0.05, 0) is 72.5 Å². The molecule has 0 amide bonds. The molecular formula is C47H31OP. The molecule has 0 bridgehead atoms. The fourth-order valence-corrected chi connectivity index (χ4v) is 11.3. The molecule has 0 fully saturated rings. The van der Waals surface area contributed by atoms with Gasteiger partial charge in [0.25, 0.3) is 0 Å². The predicted molar refractivity (Wildman–Crippen MR) is 205 cm³/mol. The van der Waals surface area contributed by atoms with E-state index in [2.05, 4.69) is 127 Å². The summed E-state index contributed by atoms with van der Waals surface area (Å²) >= 11 is 0. The van der Waals surface area contributed by atoms with E-state index in [9.17, 15) is 0 Å². The Labute approximate surface area is 286 Å². The van der Waals surface area contributed by atoms with Crippen molar-refractivity contribution in [3.63, 3.8) is 0 Å². The van der Waals surface area contributed by atoms with Crippen LogP contribution in [0.5, 0.6) is 0 Å². The monoisotopic (exact) mass is 642 g/mol. The van der Waals surface area contributed by atoms with Gasteiger partial charge in [0.15, 0.2) is 7.14 Å². The van der Waals surface area contributed by atoms with Gasteiger partial charge in [0.05, 0.1) is 5.41 Å². The smallest absolute Gasteiger partial charge is 0.171 e. The second-order valence-electron chi connectivity index (χ2n) is 13.1. The van der Waals surface area contributed by atoms with E-state index in [0.29, 0.717) is 0 Å². The molecule has 0 aliphatic heterocycles. The Morgan fingerprint density at radius 3 is 1.53 bits per heavy atom. The van der Waals surface area contributed by atoms with Gasteiger partial charge in [0, 0.05) is 15.9 Å². The number of fused-ring (bicyclic) bond motifs is 12. The third kappa shape index (κ3) is 3.85. The Bertz CT molecular complexity index is 2530. The fourth-order valence-electron chi connectivity index (χ4n) is 8.69. The van der Waals surface area contributed by atoms with Gasteiger partial charge in [-0.25, -0.2) is 0 Å². The Morgan fingerprint density at radius 2 is 0.878 bits per heavy atom. The van der Waals surface area contributed by atoms with Crippen molar-refractivity contribution in [2.24, 2.45) is 0 Å². The first-order valence-electron chi connectivity index (χ1n) is 16.9. The van der Waals surface area contributed by atoms with Crippen molar-refractivity contribution in [3.8, 4) is 33.4 Å². The molecule has 0 atom stereocenters. The first-order chi connectivity index (χ1) is 24.2. The molecule has 2 aliphatic rings. The van der Waals surface area contributed by atoms with Gasteiger partial charge in [-0.15, -0.1) is 0 Å². The molecule has 49 heavy (non-hydrogen) atoms. The predicted octanol–water partition coefficient (Wildman–Crippen LogP) is 10.5. The van der Waals surface area contributed by atoms with Crippen molar-refractivity contribution in [2.75, 3.05) is 0 Å². The van der Waals surface area contributed by atoms with Crippen LogP contribution in [0.25, 0.3) is 44.2 Å². The SMILES string of the molecule is O=P(c1ccccc1)(c1ccccc1)c1ccc(-c2ccc3c(c2)-c2ccc4ccccc4c2C32c3ccccc3-c3ccccc32)cc1. The lowest BCUT2D eigenvalue weighted by atomic mass is 9.69. The molecule has 1 nitrogen and oxygen atoms in total. The Hall–Kier alpha value is -5.75. The molecule has 0 saturated carbocycles. The van der Waals surface area contributed by atoms with Crippen LogP contribution in [-0.4, -0.2) is 0 Å². The number of hydrogen-bond donors (Lipinski definition) is 0. The van der Waals surface area contributed by atoms with Gasteiger partial charge >= 0.3 is 0 Å². The van der Waals surface area contributed by atoms with Gasteiger partial charge in [-0.2, -0.15) is 0 Å². The van der Waals surface area contributed by atoms with Crippen LogP contribution in [0.4, 0.5) is 0 Å². The van der Waals surface area contributed by atoms with Gasteiger partial charge in [0.1, 0.15) is 0 Å². The molecule has 2 heteroatoms. The third-order valence-corrected chi connectivity index (χ3v) is 13.9. The molecule has 1 spiro atoms. The molecule has 0 N–H and O–H groups in total. The average Bonchev–Trinajstić information content (AvgIpc) is 3.65. The summed E-state index contributed by atoms with van der Waals surface area (Å²) in [5.74, 6) is 0. The minimum atomic E-state index is -3.05. The maximum absolute atomic E-state index is 15.0. The van der Waals surface area contributed by atoms with Crippen molar-refractivity contribution < 1.29 is 4.57 Å². The molecule has 0 heterocycles. The summed E-state index contributed by atoms with van der Waals surface area (Å²) < 4.78 is 15.0. The van der Waals surface area contributed by atoms with E-state index in [0.717, 1.165) is 27.0 Å². The Kier molecular flexibility index (Phi) is 6.13. The van der Waals surface area contributed by atoms with Gasteiger partial charge in [-0.3, -0.25) is 0 Å². The average molecular weight is 643 g/mol. The zero-order chi connectivity index (χ0) is 32.6. The molecule has 0 radical (unpaired) electrons. The standard InChI is InChI=1S/C47H31OP/c48-49(35-14-3-1-4-15-35,36-16-5-2-6-17-36)37-27-23-32(24-28-37)34-26-30-45-42(31-34)41-29-25-33-13-7-8-18-38(33)46(41)47(45)43-21-11-9-19-39(43)40-20-10-12-22-44(40)47/h1-31H. The lowest BCUT2D eigenvalue weighted by Crippen LogP contribution is -2.26. The molecule has 0 unspecified atom stereocenters. The second-order valence-corrected chi connectivity index (χ2v) is 15.9. The van der Waals surface area contributed by atoms with E-state index < -0.39 is 12.6 Å². The maximum atomic E-state index is 15.0. The molecule has 2 aliphatic carbocycles. The van der Waals surface area contributed by atoms with E-state index in [1.54, 1.807) is 0 Å². The minimum absolute atomic E-state index is 0.404. The van der Waals surface area contributed by atoms with Crippen molar-refractivity contribution >= 4 is 33.8 Å². The summed E-state index contributed by atoms with van der Waals surface area (Å²) in [4.78, 5) is 0. The number of benzene rings is 8. The lowest BCUT2D eigenvalue weighted by molar-refractivity contribution is 0.592. The Morgan fingerprint density at radius 1 is 0.367 bits per heavy atom. The zero-order valence-electron chi connectivity index (χ0n) is 26.8. The first kappa shape index (κ1) is 28.3. The first-order valence-corrected chi connectivity index (χ1v) is 18.6. The molecule has 0 saturated heterocycles. The van der Waals surface area contributed by atoms with Crippen LogP contribution < -0.4 is 15.9 Å². The molecular weight excluding hydrogens is 611 g/mol. The highest BCUT2D eigenvalue weighted by molar-refractivity contribution is 7.85. The summed E-state index contributed by atoms with van der Waals surface area (Å²) in [6.45, 7) is 0. The van der Waals surface area contributed by atoms with Crippen molar-refractivity contribution in [3.05, 3.63) is 210 Å². The fraction of sp³-hybridized carbons (Fsp3) is 0.0213. The van der Waals surface area contributed by atoms with Crippen LogP contribution in [0.3, 0.4) is 0 Å². The van der Waals surface area contributed by atoms with Crippen LogP contribution in [0.1, 0.15) is 22.3 Å².